The van der Waals surface area contributed by atoms with Crippen molar-refractivity contribution in [3.63, 3.8) is 0 Å². The zero-order valence-electron chi connectivity index (χ0n) is 11.7. The molecule has 0 spiro atoms. The van der Waals surface area contributed by atoms with Crippen LogP contribution in [0.1, 0.15) is 0 Å². The highest BCUT2D eigenvalue weighted by molar-refractivity contribution is 7.03. The first-order valence-corrected chi connectivity index (χ1v) is 7.92. The van der Waals surface area contributed by atoms with Gasteiger partial charge in [0.05, 0.1) is 16.2 Å². The predicted molar refractivity (Wildman–Crippen MR) is 92.2 cm³/mol. The van der Waals surface area contributed by atoms with E-state index in [1.165, 1.54) is 16.1 Å². The van der Waals surface area contributed by atoms with Crippen molar-refractivity contribution in [1.29, 1.82) is 0 Å². The lowest BCUT2D eigenvalue weighted by molar-refractivity contribution is 1.01. The van der Waals surface area contributed by atoms with Gasteiger partial charge in [0, 0.05) is 28.9 Å². The Bertz CT molecular complexity index is 1070. The minimum atomic E-state index is -0.272. The number of para-hydroxylation sites is 1. The van der Waals surface area contributed by atoms with Crippen LogP contribution in [-0.2, 0) is 0 Å². The number of aromatic nitrogens is 4. The fraction of sp³-hybridized carbons (Fsp3) is 0. The molecule has 0 fully saturated rings. The Morgan fingerprint density at radius 2 is 2.13 bits per heavy atom. The van der Waals surface area contributed by atoms with Crippen molar-refractivity contribution in [3.05, 3.63) is 57.4 Å². The topological polar surface area (TPSA) is 89.6 Å². The molecule has 0 radical (unpaired) electrons. The number of H-pyrrole nitrogens is 1. The Kier molecular flexibility index (Phi) is 3.17. The summed E-state index contributed by atoms with van der Waals surface area (Å²) in [5, 5.41) is 9.52. The van der Waals surface area contributed by atoms with Crippen molar-refractivity contribution in [2.45, 2.75) is 0 Å². The number of nitrogens with zero attached hydrogens (tertiary/aromatic N) is 3. The molecule has 4 rings (SSSR count). The largest absolute Gasteiger partial charge is 0.382 e. The van der Waals surface area contributed by atoms with Crippen molar-refractivity contribution in [3.8, 4) is 16.8 Å². The third kappa shape index (κ3) is 2.13. The van der Waals surface area contributed by atoms with Crippen LogP contribution in [0, 0.1) is 0 Å². The number of nitrogens with two attached hydrogens (primary N) is 1. The summed E-state index contributed by atoms with van der Waals surface area (Å²) < 4.78 is 5.61. The number of nitrogen functional groups attached to an aromatic ring is 1. The molecule has 0 aliphatic carbocycles. The third-order valence-corrected chi connectivity index (χ3v) is 4.52. The summed E-state index contributed by atoms with van der Waals surface area (Å²) in [4.78, 5) is 12.8. The van der Waals surface area contributed by atoms with Crippen LogP contribution < -0.4 is 11.3 Å². The molecule has 0 bridgehead atoms. The van der Waals surface area contributed by atoms with Crippen LogP contribution in [0.15, 0.2) is 46.8 Å². The van der Waals surface area contributed by atoms with Crippen LogP contribution >= 0.6 is 23.1 Å². The molecular weight excluding hydrogens is 334 g/mol. The molecule has 0 amide bonds. The predicted octanol–water partition coefficient (Wildman–Crippen LogP) is 3.07. The number of fused-ring (bicyclic) bond motifs is 1. The molecule has 3 N–H and O–H groups in total. The van der Waals surface area contributed by atoms with Gasteiger partial charge in [-0.05, 0) is 23.7 Å². The van der Waals surface area contributed by atoms with Crippen molar-refractivity contribution < 1.29 is 0 Å². The number of pyridine rings is 1. The molecule has 0 aliphatic heterocycles. The summed E-state index contributed by atoms with van der Waals surface area (Å²) in [5.74, 6) is 0.163. The van der Waals surface area contributed by atoms with Gasteiger partial charge in [-0.25, -0.2) is 4.37 Å². The minimum absolute atomic E-state index is 0.163. The van der Waals surface area contributed by atoms with Gasteiger partial charge in [-0.1, -0.05) is 23.7 Å². The van der Waals surface area contributed by atoms with E-state index in [0.29, 0.717) is 21.6 Å². The van der Waals surface area contributed by atoms with Crippen LogP contribution in [0.4, 0.5) is 5.82 Å². The first-order valence-electron chi connectivity index (χ1n) is 6.70. The van der Waals surface area contributed by atoms with Gasteiger partial charge in [0.15, 0.2) is 5.82 Å². The lowest BCUT2D eigenvalue weighted by Gasteiger charge is -2.10. The maximum atomic E-state index is 12.8. The second kappa shape index (κ2) is 5.22. The molecule has 114 valence electrons. The van der Waals surface area contributed by atoms with Crippen LogP contribution in [0.25, 0.3) is 27.7 Å². The number of benzene rings is 1. The highest BCUT2D eigenvalue weighted by atomic mass is 35.5. The Hall–Kier alpha value is -2.64. The van der Waals surface area contributed by atoms with Gasteiger partial charge in [-0.15, -0.1) is 0 Å². The summed E-state index contributed by atoms with van der Waals surface area (Å²) in [6.45, 7) is 0. The van der Waals surface area contributed by atoms with E-state index >= 15 is 0 Å². The van der Waals surface area contributed by atoms with Crippen LogP contribution in [-0.4, -0.2) is 19.1 Å². The number of halogens is 1. The molecule has 0 unspecified atom stereocenters. The van der Waals surface area contributed by atoms with Crippen molar-refractivity contribution in [1.82, 2.24) is 19.1 Å². The van der Waals surface area contributed by atoms with E-state index in [1.54, 1.807) is 24.5 Å². The molecule has 0 saturated carbocycles. The molecule has 4 aromatic rings. The highest BCUT2D eigenvalue weighted by Crippen LogP contribution is 2.30. The third-order valence-electron chi connectivity index (χ3n) is 3.61. The summed E-state index contributed by atoms with van der Waals surface area (Å²) in [6.07, 6.45) is 3.46. The Morgan fingerprint density at radius 3 is 2.87 bits per heavy atom. The summed E-state index contributed by atoms with van der Waals surface area (Å²) in [6, 6.07) is 7.15. The first kappa shape index (κ1) is 14.0. The van der Waals surface area contributed by atoms with E-state index in [0.717, 1.165) is 11.1 Å². The van der Waals surface area contributed by atoms with Crippen molar-refractivity contribution in [2.24, 2.45) is 0 Å². The van der Waals surface area contributed by atoms with E-state index in [1.807, 2.05) is 17.5 Å². The SMILES string of the molecule is Nc1n[nH]c2c(-c3cnsc3)cn(-c3ccccc3Cl)c(=O)c12. The molecule has 23 heavy (non-hydrogen) atoms. The molecule has 3 heterocycles. The average Bonchev–Trinajstić information content (AvgIpc) is 3.19. The summed E-state index contributed by atoms with van der Waals surface area (Å²) in [7, 11) is 0. The Labute approximate surface area is 139 Å². The number of anilines is 1. The zero-order chi connectivity index (χ0) is 16.0. The summed E-state index contributed by atoms with van der Waals surface area (Å²) in [5.41, 5.74) is 8.46. The van der Waals surface area contributed by atoms with E-state index in [-0.39, 0.29) is 11.4 Å². The van der Waals surface area contributed by atoms with E-state index in [2.05, 4.69) is 14.6 Å². The van der Waals surface area contributed by atoms with Crippen LogP contribution in [0.5, 0.6) is 0 Å². The van der Waals surface area contributed by atoms with E-state index in [9.17, 15) is 4.79 Å². The number of hydrogen-bond acceptors (Lipinski definition) is 5. The first-order chi connectivity index (χ1) is 11.2. The smallest absolute Gasteiger partial charge is 0.268 e. The normalized spacial score (nSPS) is 11.2. The molecule has 0 atom stereocenters. The molecular formula is C15H10ClN5OS. The van der Waals surface area contributed by atoms with Gasteiger partial charge >= 0.3 is 0 Å². The van der Waals surface area contributed by atoms with Crippen LogP contribution in [0.3, 0.4) is 0 Å². The number of hydrogen-bond donors (Lipinski definition) is 2. The maximum Gasteiger partial charge on any atom is 0.268 e. The fourth-order valence-electron chi connectivity index (χ4n) is 2.52. The van der Waals surface area contributed by atoms with Gasteiger partial charge in [0.25, 0.3) is 5.56 Å². The molecule has 6 nitrogen and oxygen atoms in total. The van der Waals surface area contributed by atoms with E-state index in [4.69, 9.17) is 17.3 Å². The second-order valence-corrected chi connectivity index (χ2v) is 6.01. The Balaban J connectivity index is 2.14. The average molecular weight is 344 g/mol. The molecule has 8 heteroatoms. The maximum absolute atomic E-state index is 12.8. The molecule has 0 saturated heterocycles. The molecule has 0 aliphatic rings. The van der Waals surface area contributed by atoms with E-state index < -0.39 is 0 Å². The number of nitrogens with one attached hydrogen (secondary N) is 1. The number of aromatic amines is 1. The Morgan fingerprint density at radius 1 is 1.30 bits per heavy atom. The lowest BCUT2D eigenvalue weighted by Crippen LogP contribution is -2.19. The standard InChI is InChI=1S/C15H10ClN5OS/c16-10-3-1-2-4-11(10)21-6-9(8-5-18-23-7-8)13-12(15(21)22)14(17)20-19-13/h1-7H,(H3,17,19,20). The van der Waals surface area contributed by atoms with Crippen LogP contribution in [0.2, 0.25) is 5.02 Å². The number of rotatable bonds is 2. The van der Waals surface area contributed by atoms with Gasteiger partial charge < -0.3 is 5.73 Å². The zero-order valence-corrected chi connectivity index (χ0v) is 13.2. The highest BCUT2D eigenvalue weighted by Gasteiger charge is 2.17. The van der Waals surface area contributed by atoms with Gasteiger partial charge in [-0.3, -0.25) is 14.5 Å². The van der Waals surface area contributed by atoms with Gasteiger partial charge in [-0.2, -0.15) is 5.10 Å². The summed E-state index contributed by atoms with van der Waals surface area (Å²) >= 11 is 7.58. The molecule has 3 aromatic heterocycles. The fourth-order valence-corrected chi connectivity index (χ4v) is 3.29. The monoisotopic (exact) mass is 343 g/mol. The minimum Gasteiger partial charge on any atom is -0.382 e. The second-order valence-electron chi connectivity index (χ2n) is 4.94. The molecule has 1 aromatic carbocycles. The van der Waals surface area contributed by atoms with Gasteiger partial charge in [0.2, 0.25) is 0 Å². The van der Waals surface area contributed by atoms with Gasteiger partial charge in [0.1, 0.15) is 5.39 Å². The quantitative estimate of drug-likeness (QED) is 0.585. The van der Waals surface area contributed by atoms with Crippen molar-refractivity contribution in [2.75, 3.05) is 5.73 Å². The lowest BCUT2D eigenvalue weighted by atomic mass is 10.1. The van der Waals surface area contributed by atoms with Crippen molar-refractivity contribution >= 4 is 39.9 Å².